The van der Waals surface area contributed by atoms with Crippen LogP contribution in [0.5, 0.6) is 0 Å². The summed E-state index contributed by atoms with van der Waals surface area (Å²) in [5.41, 5.74) is 7.21. The Kier molecular flexibility index (Phi) is 5.33. The largest absolute Gasteiger partial charge is 0.352 e. The predicted octanol–water partition coefficient (Wildman–Crippen LogP) is 0.684. The van der Waals surface area contributed by atoms with Gasteiger partial charge in [0.1, 0.15) is 0 Å². The molecule has 2 rings (SSSR count). The second-order valence-electron chi connectivity index (χ2n) is 5.60. The van der Waals surface area contributed by atoms with Crippen molar-refractivity contribution >= 4 is 11.8 Å². The third-order valence-corrected chi connectivity index (χ3v) is 3.81. The molecule has 2 atom stereocenters. The topological polar surface area (TPSA) is 75.4 Å². The van der Waals surface area contributed by atoms with Crippen LogP contribution in [0.2, 0.25) is 0 Å². The van der Waals surface area contributed by atoms with Crippen LogP contribution in [0.1, 0.15) is 25.3 Å². The SMILES string of the molecule is CC(=O)NC1CCN(C(=O)[C@@H](N)CCc2ccccc2)C1. The lowest BCUT2D eigenvalue weighted by atomic mass is 10.1. The molecule has 1 aromatic carbocycles. The van der Waals surface area contributed by atoms with Crippen LogP contribution in [0.25, 0.3) is 0 Å². The van der Waals surface area contributed by atoms with E-state index in [9.17, 15) is 9.59 Å². The monoisotopic (exact) mass is 289 g/mol. The van der Waals surface area contributed by atoms with Crippen LogP contribution in [0.3, 0.4) is 0 Å². The molecule has 1 aliphatic rings. The number of rotatable bonds is 5. The van der Waals surface area contributed by atoms with Crippen LogP contribution in [0.4, 0.5) is 0 Å². The maximum atomic E-state index is 12.3. The van der Waals surface area contributed by atoms with E-state index in [-0.39, 0.29) is 17.9 Å². The van der Waals surface area contributed by atoms with Crippen molar-refractivity contribution in [3.05, 3.63) is 35.9 Å². The Balaban J connectivity index is 1.79. The van der Waals surface area contributed by atoms with Crippen molar-refractivity contribution in [2.24, 2.45) is 5.73 Å². The summed E-state index contributed by atoms with van der Waals surface area (Å²) in [6, 6.07) is 9.62. The smallest absolute Gasteiger partial charge is 0.239 e. The van der Waals surface area contributed by atoms with E-state index in [1.807, 2.05) is 30.3 Å². The molecule has 2 amide bonds. The average Bonchev–Trinajstić information content (AvgIpc) is 2.92. The number of hydrogen-bond acceptors (Lipinski definition) is 3. The lowest BCUT2D eigenvalue weighted by Gasteiger charge is -2.21. The van der Waals surface area contributed by atoms with Crippen LogP contribution >= 0.6 is 0 Å². The molecular weight excluding hydrogens is 266 g/mol. The molecule has 5 nitrogen and oxygen atoms in total. The number of hydrogen-bond donors (Lipinski definition) is 2. The quantitative estimate of drug-likeness (QED) is 0.837. The van der Waals surface area contributed by atoms with Crippen LogP contribution in [-0.2, 0) is 16.0 Å². The fraction of sp³-hybridized carbons (Fsp3) is 0.500. The second-order valence-corrected chi connectivity index (χ2v) is 5.60. The van der Waals surface area contributed by atoms with E-state index < -0.39 is 6.04 Å². The number of aryl methyl sites for hydroxylation is 1. The van der Waals surface area contributed by atoms with E-state index in [1.54, 1.807) is 4.90 Å². The summed E-state index contributed by atoms with van der Waals surface area (Å²) in [4.78, 5) is 25.1. The molecule has 1 saturated heterocycles. The molecule has 21 heavy (non-hydrogen) atoms. The summed E-state index contributed by atoms with van der Waals surface area (Å²) in [6.45, 7) is 2.73. The maximum Gasteiger partial charge on any atom is 0.239 e. The van der Waals surface area contributed by atoms with Gasteiger partial charge in [0, 0.05) is 26.1 Å². The van der Waals surface area contributed by atoms with Gasteiger partial charge in [-0.3, -0.25) is 9.59 Å². The Hall–Kier alpha value is -1.88. The van der Waals surface area contributed by atoms with Gasteiger partial charge in [-0.1, -0.05) is 30.3 Å². The van der Waals surface area contributed by atoms with Gasteiger partial charge in [0.2, 0.25) is 11.8 Å². The van der Waals surface area contributed by atoms with Gasteiger partial charge < -0.3 is 16.0 Å². The van der Waals surface area contributed by atoms with Crippen LogP contribution in [0, 0.1) is 0 Å². The molecular formula is C16H23N3O2. The summed E-state index contributed by atoms with van der Waals surface area (Å²) < 4.78 is 0. The second kappa shape index (κ2) is 7.22. The molecule has 1 aromatic rings. The van der Waals surface area contributed by atoms with Gasteiger partial charge in [0.25, 0.3) is 0 Å². The summed E-state index contributed by atoms with van der Waals surface area (Å²) in [5.74, 6) is -0.0681. The normalized spacial score (nSPS) is 19.3. The molecule has 1 aliphatic heterocycles. The Morgan fingerprint density at radius 1 is 1.38 bits per heavy atom. The first-order valence-electron chi connectivity index (χ1n) is 7.41. The summed E-state index contributed by atoms with van der Waals surface area (Å²) in [5, 5.41) is 2.85. The van der Waals surface area contributed by atoms with Crippen molar-refractivity contribution in [3.8, 4) is 0 Å². The number of nitrogens with zero attached hydrogens (tertiary/aromatic N) is 1. The first kappa shape index (κ1) is 15.5. The van der Waals surface area contributed by atoms with E-state index in [1.165, 1.54) is 12.5 Å². The van der Waals surface area contributed by atoms with Gasteiger partial charge in [-0.05, 0) is 24.8 Å². The van der Waals surface area contributed by atoms with Crippen molar-refractivity contribution in [2.75, 3.05) is 13.1 Å². The van der Waals surface area contributed by atoms with Gasteiger partial charge in [-0.2, -0.15) is 0 Å². The fourth-order valence-corrected chi connectivity index (χ4v) is 2.69. The van der Waals surface area contributed by atoms with E-state index in [0.29, 0.717) is 19.5 Å². The molecule has 0 aliphatic carbocycles. The van der Waals surface area contributed by atoms with E-state index >= 15 is 0 Å². The van der Waals surface area contributed by atoms with Crippen LogP contribution in [-0.4, -0.2) is 41.9 Å². The fourth-order valence-electron chi connectivity index (χ4n) is 2.69. The minimum atomic E-state index is -0.471. The third kappa shape index (κ3) is 4.56. The summed E-state index contributed by atoms with van der Waals surface area (Å²) in [7, 11) is 0. The molecule has 3 N–H and O–H groups in total. The lowest BCUT2D eigenvalue weighted by molar-refractivity contribution is -0.132. The molecule has 5 heteroatoms. The summed E-state index contributed by atoms with van der Waals surface area (Å²) in [6.07, 6.45) is 2.25. The van der Waals surface area contributed by atoms with Crippen molar-refractivity contribution in [3.63, 3.8) is 0 Å². The average molecular weight is 289 g/mol. The highest BCUT2D eigenvalue weighted by molar-refractivity contribution is 5.82. The molecule has 1 unspecified atom stereocenters. The highest BCUT2D eigenvalue weighted by Crippen LogP contribution is 2.12. The van der Waals surface area contributed by atoms with Gasteiger partial charge in [-0.25, -0.2) is 0 Å². The molecule has 114 valence electrons. The van der Waals surface area contributed by atoms with Gasteiger partial charge in [-0.15, -0.1) is 0 Å². The van der Waals surface area contributed by atoms with Crippen LogP contribution < -0.4 is 11.1 Å². The number of carbonyl (C=O) groups excluding carboxylic acids is 2. The minimum absolute atomic E-state index is 0.0150. The Morgan fingerprint density at radius 3 is 2.76 bits per heavy atom. The lowest BCUT2D eigenvalue weighted by Crippen LogP contribution is -2.44. The Morgan fingerprint density at radius 2 is 2.10 bits per heavy atom. The van der Waals surface area contributed by atoms with Crippen molar-refractivity contribution in [2.45, 2.75) is 38.3 Å². The number of likely N-dealkylation sites (tertiary alicyclic amines) is 1. The zero-order valence-electron chi connectivity index (χ0n) is 12.4. The minimum Gasteiger partial charge on any atom is -0.352 e. The molecule has 1 heterocycles. The first-order chi connectivity index (χ1) is 10.1. The third-order valence-electron chi connectivity index (χ3n) is 3.81. The Labute approximate surface area is 125 Å². The zero-order chi connectivity index (χ0) is 15.2. The number of carbonyl (C=O) groups is 2. The van der Waals surface area contributed by atoms with E-state index in [4.69, 9.17) is 5.73 Å². The van der Waals surface area contributed by atoms with Crippen molar-refractivity contribution < 1.29 is 9.59 Å². The predicted molar refractivity (Wildman–Crippen MR) is 81.5 cm³/mol. The zero-order valence-corrected chi connectivity index (χ0v) is 12.4. The van der Waals surface area contributed by atoms with Gasteiger partial charge >= 0.3 is 0 Å². The number of benzene rings is 1. The molecule has 0 bridgehead atoms. The molecule has 0 spiro atoms. The number of amides is 2. The number of nitrogens with two attached hydrogens (primary N) is 1. The molecule has 0 saturated carbocycles. The van der Waals surface area contributed by atoms with E-state index in [2.05, 4.69) is 5.32 Å². The molecule has 1 fully saturated rings. The maximum absolute atomic E-state index is 12.3. The highest BCUT2D eigenvalue weighted by Gasteiger charge is 2.29. The summed E-state index contributed by atoms with van der Waals surface area (Å²) >= 11 is 0. The number of nitrogens with one attached hydrogen (secondary N) is 1. The molecule has 0 radical (unpaired) electrons. The van der Waals surface area contributed by atoms with E-state index in [0.717, 1.165) is 12.8 Å². The van der Waals surface area contributed by atoms with Crippen molar-refractivity contribution in [1.82, 2.24) is 10.2 Å². The first-order valence-corrected chi connectivity index (χ1v) is 7.41. The highest BCUT2D eigenvalue weighted by atomic mass is 16.2. The van der Waals surface area contributed by atoms with Gasteiger partial charge in [0.15, 0.2) is 0 Å². The van der Waals surface area contributed by atoms with Crippen LogP contribution in [0.15, 0.2) is 30.3 Å². The molecule has 0 aromatic heterocycles. The standard InChI is InChI=1S/C16H23N3O2/c1-12(20)18-14-9-10-19(11-14)16(21)15(17)8-7-13-5-3-2-4-6-13/h2-6,14-15H,7-11,17H2,1H3,(H,18,20)/t14?,15-/m0/s1. The Bertz CT molecular complexity index is 490. The van der Waals surface area contributed by atoms with Gasteiger partial charge in [0.05, 0.1) is 6.04 Å². The van der Waals surface area contributed by atoms with Crippen molar-refractivity contribution in [1.29, 1.82) is 0 Å².